The van der Waals surface area contributed by atoms with Gasteiger partial charge in [0.2, 0.25) is 0 Å². The maximum Gasteiger partial charge on any atom is 0.473 e. The smallest absolute Gasteiger partial charge is 0.394 e. The van der Waals surface area contributed by atoms with Gasteiger partial charge < -0.3 is 81.3 Å². The predicted molar refractivity (Wildman–Crippen MR) is 128 cm³/mol. The van der Waals surface area contributed by atoms with E-state index in [1.807, 2.05) is 0 Å². The van der Waals surface area contributed by atoms with E-state index in [0.29, 0.717) is 0 Å². The Balaban J connectivity index is 0.000000501. The topological polar surface area (TPSA) is 395 Å². The normalized spacial score (nSPS) is 41.5. The number of hydrogen-bond donors (Lipinski definition) is 16. The van der Waals surface area contributed by atoms with Crippen LogP contribution in [0.1, 0.15) is 0 Å². The van der Waals surface area contributed by atoms with Crippen LogP contribution in [0.3, 0.4) is 0 Å². The van der Waals surface area contributed by atoms with Crippen LogP contribution in [-0.2, 0) is 27.2 Å². The number of phosphoric acid groups is 2. The second kappa shape index (κ2) is 16.8. The SMILES string of the molecule is O=P(O)(OC1[C@@H](O)[C@H](O)C(O)[C@H](O)[C@@H]1O)OC1[C@H](O)[C@H](O)C(O)[C@H](O)[C@H]1O.O=P(O)(OCC(O)CO)OCC(O)CO. The van der Waals surface area contributed by atoms with E-state index in [2.05, 4.69) is 18.1 Å². The first kappa shape index (κ1) is 39.7. The lowest BCUT2D eigenvalue weighted by molar-refractivity contribution is -0.231. The Kier molecular flexibility index (Phi) is 15.9. The Hall–Kier alpha value is -0.340. The quantitative estimate of drug-likeness (QED) is 0.0858. The molecule has 0 saturated heterocycles. The molecule has 22 nitrogen and oxygen atoms in total. The highest BCUT2D eigenvalue weighted by atomic mass is 31.2. The summed E-state index contributed by atoms with van der Waals surface area (Å²) in [5.74, 6) is 0. The van der Waals surface area contributed by atoms with Gasteiger partial charge in [0, 0.05) is 0 Å². The van der Waals surface area contributed by atoms with Crippen LogP contribution in [0.15, 0.2) is 0 Å². The Morgan fingerprint density at radius 3 is 0.952 bits per heavy atom. The van der Waals surface area contributed by atoms with Gasteiger partial charge in [-0.15, -0.1) is 0 Å². The van der Waals surface area contributed by atoms with E-state index >= 15 is 0 Å². The summed E-state index contributed by atoms with van der Waals surface area (Å²) in [6.07, 6.45) is -27.6. The van der Waals surface area contributed by atoms with Gasteiger partial charge in [-0.3, -0.25) is 18.1 Å². The predicted octanol–water partition coefficient (Wildman–Crippen LogP) is -8.68. The fraction of sp³-hybridized carbons (Fsp3) is 1.00. The largest absolute Gasteiger partial charge is 0.473 e. The molecular formula is C18H38O22P2. The maximum absolute atomic E-state index is 12.1. The summed E-state index contributed by atoms with van der Waals surface area (Å²) in [6, 6.07) is 0. The third kappa shape index (κ3) is 10.9. The summed E-state index contributed by atoms with van der Waals surface area (Å²) in [7, 11) is -9.74. The molecule has 16 N–H and O–H groups in total. The summed E-state index contributed by atoms with van der Waals surface area (Å²) in [5.41, 5.74) is 0. The molecule has 2 saturated carbocycles. The van der Waals surface area contributed by atoms with E-state index in [4.69, 9.17) is 25.3 Å². The number of rotatable bonds is 12. The second-order valence-corrected chi connectivity index (χ2v) is 12.1. The Morgan fingerprint density at radius 1 is 0.476 bits per heavy atom. The lowest BCUT2D eigenvalue weighted by Gasteiger charge is -2.43. The molecule has 42 heavy (non-hydrogen) atoms. The van der Waals surface area contributed by atoms with Gasteiger partial charge in [-0.2, -0.15) is 0 Å². The molecule has 0 amide bonds. The molecule has 2 aliphatic rings. The van der Waals surface area contributed by atoms with Crippen molar-refractivity contribution < 1.29 is 109 Å². The molecule has 24 heteroatoms. The van der Waals surface area contributed by atoms with E-state index in [9.17, 15) is 65.1 Å². The van der Waals surface area contributed by atoms with E-state index < -0.39 is 128 Å². The average Bonchev–Trinajstić information content (AvgIpc) is 2.95. The van der Waals surface area contributed by atoms with Gasteiger partial charge in [0.25, 0.3) is 0 Å². The number of phosphoric ester groups is 2. The van der Waals surface area contributed by atoms with E-state index in [1.54, 1.807) is 0 Å². The van der Waals surface area contributed by atoms with Crippen LogP contribution in [-0.4, -0.2) is 193 Å². The molecule has 0 aliphatic heterocycles. The van der Waals surface area contributed by atoms with Crippen LogP contribution < -0.4 is 0 Å². The minimum atomic E-state index is -5.37. The molecule has 252 valence electrons. The van der Waals surface area contributed by atoms with E-state index in [1.165, 1.54) is 0 Å². The fourth-order valence-electron chi connectivity index (χ4n) is 3.48. The van der Waals surface area contributed by atoms with Crippen molar-refractivity contribution in [3.63, 3.8) is 0 Å². The van der Waals surface area contributed by atoms with Crippen LogP contribution in [0.2, 0.25) is 0 Å². The fourth-order valence-corrected chi connectivity index (χ4v) is 5.44. The molecule has 0 aromatic rings. The molecule has 0 spiro atoms. The lowest BCUT2D eigenvalue weighted by atomic mass is 9.85. The Bertz CT molecular complexity index is 803. The summed E-state index contributed by atoms with van der Waals surface area (Å²) in [6.45, 7) is -2.36. The van der Waals surface area contributed by atoms with E-state index in [-0.39, 0.29) is 0 Å². The number of aliphatic hydroxyl groups excluding tert-OH is 14. The molecule has 0 aromatic carbocycles. The highest BCUT2D eigenvalue weighted by molar-refractivity contribution is 7.47. The van der Waals surface area contributed by atoms with Crippen LogP contribution in [0.25, 0.3) is 0 Å². The van der Waals surface area contributed by atoms with Crippen LogP contribution >= 0.6 is 15.6 Å². The van der Waals surface area contributed by atoms with Crippen molar-refractivity contribution in [1.29, 1.82) is 0 Å². The molecule has 0 radical (unpaired) electrons. The first-order valence-electron chi connectivity index (χ1n) is 11.9. The van der Waals surface area contributed by atoms with Gasteiger partial charge in [-0.05, 0) is 0 Å². The van der Waals surface area contributed by atoms with Gasteiger partial charge in [0.05, 0.1) is 26.4 Å². The van der Waals surface area contributed by atoms with Crippen molar-refractivity contribution in [3.05, 3.63) is 0 Å². The van der Waals surface area contributed by atoms with Crippen molar-refractivity contribution in [2.24, 2.45) is 0 Å². The average molecular weight is 668 g/mol. The lowest BCUT2D eigenvalue weighted by Crippen LogP contribution is -2.65. The van der Waals surface area contributed by atoms with Gasteiger partial charge >= 0.3 is 15.6 Å². The zero-order valence-electron chi connectivity index (χ0n) is 21.4. The molecular weight excluding hydrogens is 630 g/mol. The zero-order chi connectivity index (χ0) is 32.7. The molecule has 0 heterocycles. The zero-order valence-corrected chi connectivity index (χ0v) is 23.2. The summed E-state index contributed by atoms with van der Waals surface area (Å²) < 4.78 is 40.6. The second-order valence-electron chi connectivity index (χ2n) is 9.25. The molecule has 2 aliphatic carbocycles. The standard InChI is InChI=1S/C12H23O14P.C6H15O8P/c13-1-3(15)7(19)11(8(20)4(1)16)25-27(23,24)26-12-9(21)5(17)2(14)6(18)10(12)22;7-1-5(9)3-13-15(11,12)14-4-6(10)2-8/h1-22H,(H,23,24);5-10H,1-4H2,(H,11,12)/t1?,2?,3-,4+,5-,6+,7-,8-,9+,10+,11?,12?;. The number of aliphatic hydroxyl groups is 14. The van der Waals surface area contributed by atoms with Gasteiger partial charge in [-0.25, -0.2) is 9.13 Å². The minimum absolute atomic E-state index is 0.570. The Labute approximate surface area is 236 Å². The summed E-state index contributed by atoms with van der Waals surface area (Å²) >= 11 is 0. The Morgan fingerprint density at radius 2 is 0.714 bits per heavy atom. The molecule has 7 unspecified atom stereocenters. The first-order valence-corrected chi connectivity index (χ1v) is 14.9. The maximum atomic E-state index is 12.1. The van der Waals surface area contributed by atoms with E-state index in [0.717, 1.165) is 0 Å². The monoisotopic (exact) mass is 668 g/mol. The molecule has 15 atom stereocenters. The highest BCUT2D eigenvalue weighted by Gasteiger charge is 2.54. The van der Waals surface area contributed by atoms with Crippen molar-refractivity contribution in [1.82, 2.24) is 0 Å². The van der Waals surface area contributed by atoms with Crippen molar-refractivity contribution in [3.8, 4) is 0 Å². The van der Waals surface area contributed by atoms with Crippen LogP contribution in [0, 0.1) is 0 Å². The third-order valence-corrected chi connectivity index (χ3v) is 7.91. The van der Waals surface area contributed by atoms with Crippen molar-refractivity contribution in [2.75, 3.05) is 26.4 Å². The summed E-state index contributed by atoms with van der Waals surface area (Å²) in [4.78, 5) is 18.7. The van der Waals surface area contributed by atoms with Crippen LogP contribution in [0.4, 0.5) is 0 Å². The van der Waals surface area contributed by atoms with Crippen molar-refractivity contribution >= 4 is 15.6 Å². The minimum Gasteiger partial charge on any atom is -0.394 e. The molecule has 2 rings (SSSR count). The van der Waals surface area contributed by atoms with Gasteiger partial charge in [-0.1, -0.05) is 0 Å². The van der Waals surface area contributed by atoms with Crippen LogP contribution in [0.5, 0.6) is 0 Å². The summed E-state index contributed by atoms with van der Waals surface area (Å²) in [5, 5.41) is 131. The molecule has 0 bridgehead atoms. The third-order valence-electron chi connectivity index (χ3n) is 5.94. The molecule has 0 aromatic heterocycles. The van der Waals surface area contributed by atoms with Gasteiger partial charge in [0.15, 0.2) is 0 Å². The van der Waals surface area contributed by atoms with Crippen molar-refractivity contribution in [2.45, 2.75) is 85.5 Å². The van der Waals surface area contributed by atoms with Gasteiger partial charge in [0.1, 0.15) is 85.5 Å². The molecule has 2 fully saturated rings. The first-order chi connectivity index (χ1) is 19.2. The number of hydrogen-bond acceptors (Lipinski definition) is 20. The highest BCUT2D eigenvalue weighted by Crippen LogP contribution is 2.50.